The van der Waals surface area contributed by atoms with Gasteiger partial charge in [-0.25, -0.2) is 4.79 Å². The summed E-state index contributed by atoms with van der Waals surface area (Å²) in [6, 6.07) is 2.77. The van der Waals surface area contributed by atoms with Crippen LogP contribution in [0.1, 0.15) is 40.6 Å². The maximum Gasteiger partial charge on any atom is 0.337 e. The van der Waals surface area contributed by atoms with Crippen molar-refractivity contribution in [3.8, 4) is 0 Å². The van der Waals surface area contributed by atoms with Crippen LogP contribution in [0.4, 0.5) is 0 Å². The monoisotopic (exact) mass is 264 g/mol. The summed E-state index contributed by atoms with van der Waals surface area (Å²) >= 11 is 0. The average Bonchev–Trinajstić information content (AvgIpc) is 2.39. The fraction of sp³-hybridized carbons (Fsp3) is 0.462. The highest BCUT2D eigenvalue weighted by Gasteiger charge is 2.29. The highest BCUT2D eigenvalue weighted by atomic mass is 16.5. The SMILES string of the molecule is CC1(NC(=O)c2ccc(C(=O)O)cn2)CCCOC1. The van der Waals surface area contributed by atoms with Crippen molar-refractivity contribution in [1.29, 1.82) is 0 Å². The summed E-state index contributed by atoms with van der Waals surface area (Å²) in [5.41, 5.74) is -0.122. The van der Waals surface area contributed by atoms with E-state index >= 15 is 0 Å². The smallest absolute Gasteiger partial charge is 0.337 e. The third kappa shape index (κ3) is 3.29. The van der Waals surface area contributed by atoms with Crippen molar-refractivity contribution in [3.63, 3.8) is 0 Å². The van der Waals surface area contributed by atoms with Gasteiger partial charge in [0.15, 0.2) is 0 Å². The van der Waals surface area contributed by atoms with Crippen molar-refractivity contribution in [1.82, 2.24) is 10.3 Å². The Morgan fingerprint density at radius 2 is 2.26 bits per heavy atom. The standard InChI is InChI=1S/C13H16N2O4/c1-13(5-2-6-19-8-13)15-11(16)10-4-3-9(7-14-10)12(17)18/h3-4,7H,2,5-6,8H2,1H3,(H,15,16)(H,17,18). The summed E-state index contributed by atoms with van der Waals surface area (Å²) < 4.78 is 5.36. The maximum absolute atomic E-state index is 12.0. The normalized spacial score (nSPS) is 22.8. The zero-order valence-electron chi connectivity index (χ0n) is 10.7. The minimum absolute atomic E-state index is 0.0590. The third-order valence-electron chi connectivity index (χ3n) is 3.10. The lowest BCUT2D eigenvalue weighted by atomic mass is 9.94. The molecule has 19 heavy (non-hydrogen) atoms. The minimum Gasteiger partial charge on any atom is -0.478 e. The van der Waals surface area contributed by atoms with Gasteiger partial charge in [-0.05, 0) is 31.9 Å². The second-order valence-corrected chi connectivity index (χ2v) is 4.91. The number of carbonyl (C=O) groups is 2. The summed E-state index contributed by atoms with van der Waals surface area (Å²) in [6.07, 6.45) is 2.94. The number of carbonyl (C=O) groups excluding carboxylic acids is 1. The molecule has 0 radical (unpaired) electrons. The van der Waals surface area contributed by atoms with Gasteiger partial charge in [-0.1, -0.05) is 0 Å². The van der Waals surface area contributed by atoms with Gasteiger partial charge in [-0.3, -0.25) is 9.78 Å². The zero-order valence-corrected chi connectivity index (χ0v) is 10.7. The summed E-state index contributed by atoms with van der Waals surface area (Å²) in [7, 11) is 0. The molecule has 6 nitrogen and oxygen atoms in total. The van der Waals surface area contributed by atoms with Crippen molar-refractivity contribution < 1.29 is 19.4 Å². The number of aromatic carboxylic acids is 1. The molecular formula is C13H16N2O4. The molecule has 0 spiro atoms. The highest BCUT2D eigenvalue weighted by Crippen LogP contribution is 2.18. The third-order valence-corrected chi connectivity index (χ3v) is 3.10. The quantitative estimate of drug-likeness (QED) is 0.852. The molecule has 1 aromatic rings. The van der Waals surface area contributed by atoms with Gasteiger partial charge >= 0.3 is 5.97 Å². The van der Waals surface area contributed by atoms with Crippen LogP contribution in [-0.4, -0.2) is 40.7 Å². The molecule has 1 amide bonds. The number of hydrogen-bond acceptors (Lipinski definition) is 4. The lowest BCUT2D eigenvalue weighted by molar-refractivity contribution is 0.0271. The lowest BCUT2D eigenvalue weighted by Gasteiger charge is -2.34. The first-order chi connectivity index (χ1) is 9.00. The molecule has 0 saturated carbocycles. The molecule has 2 rings (SSSR count). The Bertz CT molecular complexity index is 478. The van der Waals surface area contributed by atoms with Crippen molar-refractivity contribution >= 4 is 11.9 Å². The van der Waals surface area contributed by atoms with Crippen LogP contribution >= 0.6 is 0 Å². The van der Waals surface area contributed by atoms with Crippen molar-refractivity contribution in [2.75, 3.05) is 13.2 Å². The van der Waals surface area contributed by atoms with Crippen LogP contribution < -0.4 is 5.32 Å². The molecule has 1 atom stereocenters. The largest absolute Gasteiger partial charge is 0.478 e. The predicted octanol–water partition coefficient (Wildman–Crippen LogP) is 1.08. The predicted molar refractivity (Wildman–Crippen MR) is 67.1 cm³/mol. The Kier molecular flexibility index (Phi) is 3.80. The molecule has 0 aliphatic carbocycles. The fourth-order valence-corrected chi connectivity index (χ4v) is 2.03. The van der Waals surface area contributed by atoms with Gasteiger partial charge in [0.2, 0.25) is 0 Å². The van der Waals surface area contributed by atoms with Crippen LogP contribution in [0.5, 0.6) is 0 Å². The molecule has 2 N–H and O–H groups in total. The number of pyridine rings is 1. The first-order valence-electron chi connectivity index (χ1n) is 6.10. The average molecular weight is 264 g/mol. The van der Waals surface area contributed by atoms with E-state index in [2.05, 4.69) is 10.3 Å². The Labute approximate surface area is 110 Å². The molecule has 6 heteroatoms. The van der Waals surface area contributed by atoms with E-state index in [-0.39, 0.29) is 22.7 Å². The summed E-state index contributed by atoms with van der Waals surface area (Å²) in [5.74, 6) is -1.38. The molecular weight excluding hydrogens is 248 g/mol. The number of amides is 1. The Morgan fingerprint density at radius 3 is 2.79 bits per heavy atom. The van der Waals surface area contributed by atoms with E-state index in [9.17, 15) is 9.59 Å². The molecule has 0 aromatic carbocycles. The number of carboxylic acid groups (broad SMARTS) is 1. The summed E-state index contributed by atoms with van der Waals surface area (Å²) in [6.45, 7) is 3.12. The van der Waals surface area contributed by atoms with E-state index < -0.39 is 5.97 Å². The minimum atomic E-state index is -1.06. The van der Waals surface area contributed by atoms with Gasteiger partial charge < -0.3 is 15.2 Å². The topological polar surface area (TPSA) is 88.5 Å². The van der Waals surface area contributed by atoms with Gasteiger partial charge in [-0.2, -0.15) is 0 Å². The van der Waals surface area contributed by atoms with Crippen molar-refractivity contribution in [2.24, 2.45) is 0 Å². The molecule has 2 heterocycles. The molecule has 1 aliphatic heterocycles. The first-order valence-corrected chi connectivity index (χ1v) is 6.10. The Balaban J connectivity index is 2.05. The van der Waals surface area contributed by atoms with Crippen LogP contribution in [0.25, 0.3) is 0 Å². The molecule has 0 bridgehead atoms. The van der Waals surface area contributed by atoms with E-state index in [0.717, 1.165) is 19.4 Å². The second kappa shape index (κ2) is 5.36. The van der Waals surface area contributed by atoms with Gasteiger partial charge in [0, 0.05) is 12.8 Å². The van der Waals surface area contributed by atoms with Gasteiger partial charge in [-0.15, -0.1) is 0 Å². The molecule has 102 valence electrons. The summed E-state index contributed by atoms with van der Waals surface area (Å²) in [4.78, 5) is 26.6. The number of ether oxygens (including phenoxy) is 1. The molecule has 1 saturated heterocycles. The number of nitrogens with one attached hydrogen (secondary N) is 1. The van der Waals surface area contributed by atoms with Crippen LogP contribution in [0.2, 0.25) is 0 Å². The van der Waals surface area contributed by atoms with Crippen LogP contribution in [-0.2, 0) is 4.74 Å². The van der Waals surface area contributed by atoms with Gasteiger partial charge in [0.05, 0.1) is 17.7 Å². The number of rotatable bonds is 3. The Hall–Kier alpha value is -1.95. The lowest BCUT2D eigenvalue weighted by Crippen LogP contribution is -2.51. The molecule has 1 aromatic heterocycles. The van der Waals surface area contributed by atoms with E-state index in [1.165, 1.54) is 18.3 Å². The summed E-state index contributed by atoms with van der Waals surface area (Å²) in [5, 5.41) is 11.6. The molecule has 1 aliphatic rings. The number of carboxylic acids is 1. The Morgan fingerprint density at radius 1 is 1.47 bits per heavy atom. The van der Waals surface area contributed by atoms with E-state index in [4.69, 9.17) is 9.84 Å². The number of aromatic nitrogens is 1. The van der Waals surface area contributed by atoms with Crippen LogP contribution in [0.3, 0.4) is 0 Å². The van der Waals surface area contributed by atoms with E-state index in [1.807, 2.05) is 6.92 Å². The van der Waals surface area contributed by atoms with Crippen molar-refractivity contribution in [3.05, 3.63) is 29.6 Å². The number of hydrogen-bond donors (Lipinski definition) is 2. The van der Waals surface area contributed by atoms with Gasteiger partial charge in [0.25, 0.3) is 5.91 Å². The van der Waals surface area contributed by atoms with Gasteiger partial charge in [0.1, 0.15) is 5.69 Å². The van der Waals surface area contributed by atoms with E-state index in [0.29, 0.717) is 6.61 Å². The molecule has 1 fully saturated rings. The van der Waals surface area contributed by atoms with Crippen LogP contribution in [0, 0.1) is 0 Å². The first kappa shape index (κ1) is 13.5. The van der Waals surface area contributed by atoms with Crippen LogP contribution in [0.15, 0.2) is 18.3 Å². The number of nitrogens with zero attached hydrogens (tertiary/aromatic N) is 1. The maximum atomic E-state index is 12.0. The molecule has 1 unspecified atom stereocenters. The second-order valence-electron chi connectivity index (χ2n) is 4.91. The van der Waals surface area contributed by atoms with E-state index in [1.54, 1.807) is 0 Å². The highest BCUT2D eigenvalue weighted by molar-refractivity contribution is 5.94. The fourth-order valence-electron chi connectivity index (χ4n) is 2.03. The zero-order chi connectivity index (χ0) is 13.9. The van der Waals surface area contributed by atoms with Crippen molar-refractivity contribution in [2.45, 2.75) is 25.3 Å².